The van der Waals surface area contributed by atoms with E-state index in [1.807, 2.05) is 24.3 Å². The van der Waals surface area contributed by atoms with Crippen LogP contribution >= 0.6 is 0 Å². The van der Waals surface area contributed by atoms with Crippen molar-refractivity contribution in [2.45, 2.75) is 6.42 Å². The third-order valence-electron chi connectivity index (χ3n) is 3.06. The van der Waals surface area contributed by atoms with E-state index in [-0.39, 0.29) is 11.3 Å². The molecule has 6 heteroatoms. The smallest absolute Gasteiger partial charge is 0.250 e. The first-order valence-electron chi connectivity index (χ1n) is 6.51. The van der Waals surface area contributed by atoms with Crippen molar-refractivity contribution in [2.24, 2.45) is 5.73 Å². The first-order chi connectivity index (χ1) is 10.1. The number of aromatic nitrogens is 1. The number of nitrogens with two attached hydrogens (primary N) is 2. The first kappa shape index (κ1) is 14.8. The molecule has 2 rings (SSSR count). The van der Waals surface area contributed by atoms with E-state index >= 15 is 0 Å². The number of para-hydroxylation sites is 1. The van der Waals surface area contributed by atoms with E-state index in [4.69, 9.17) is 16.2 Å². The van der Waals surface area contributed by atoms with Crippen molar-refractivity contribution < 1.29 is 9.53 Å². The standard InChI is InChI=1S/C15H18N4O2/c1-21-7-6-10-4-2-3-5-13(10)19-14-8-11(15(17)20)12(16)9-18-14/h2-5,8-9H,6-7,16H2,1H3,(H2,17,20)(H,18,19). The van der Waals surface area contributed by atoms with Gasteiger partial charge in [-0.2, -0.15) is 0 Å². The lowest BCUT2D eigenvalue weighted by Gasteiger charge is -2.12. The average Bonchev–Trinajstić information content (AvgIpc) is 2.48. The molecule has 0 aliphatic carbocycles. The number of pyridine rings is 1. The van der Waals surface area contributed by atoms with Crippen LogP contribution in [0.15, 0.2) is 36.5 Å². The summed E-state index contributed by atoms with van der Waals surface area (Å²) in [5.74, 6) is -0.0616. The van der Waals surface area contributed by atoms with E-state index in [1.165, 1.54) is 6.20 Å². The maximum atomic E-state index is 11.3. The van der Waals surface area contributed by atoms with Crippen LogP contribution < -0.4 is 16.8 Å². The van der Waals surface area contributed by atoms with Crippen LogP contribution in [-0.4, -0.2) is 24.6 Å². The highest BCUT2D eigenvalue weighted by Crippen LogP contribution is 2.22. The van der Waals surface area contributed by atoms with Gasteiger partial charge in [0.2, 0.25) is 0 Å². The van der Waals surface area contributed by atoms with Gasteiger partial charge in [-0.25, -0.2) is 4.98 Å². The van der Waals surface area contributed by atoms with Crippen molar-refractivity contribution >= 4 is 23.1 Å². The summed E-state index contributed by atoms with van der Waals surface area (Å²) in [5, 5.41) is 3.17. The average molecular weight is 286 g/mol. The van der Waals surface area contributed by atoms with E-state index in [0.717, 1.165) is 17.7 Å². The number of nitrogens with zero attached hydrogens (tertiary/aromatic N) is 1. The molecule has 5 N–H and O–H groups in total. The van der Waals surface area contributed by atoms with Gasteiger partial charge in [-0.3, -0.25) is 4.79 Å². The summed E-state index contributed by atoms with van der Waals surface area (Å²) in [5.41, 5.74) is 13.5. The summed E-state index contributed by atoms with van der Waals surface area (Å²) in [6, 6.07) is 9.37. The number of benzene rings is 1. The van der Waals surface area contributed by atoms with Crippen molar-refractivity contribution in [1.29, 1.82) is 0 Å². The van der Waals surface area contributed by atoms with E-state index < -0.39 is 5.91 Å². The van der Waals surface area contributed by atoms with Gasteiger partial charge in [0, 0.05) is 12.8 Å². The Hall–Kier alpha value is -2.60. The molecule has 1 amide bonds. The molecule has 0 saturated carbocycles. The molecule has 0 fully saturated rings. The summed E-state index contributed by atoms with van der Waals surface area (Å²) in [6.07, 6.45) is 2.19. The van der Waals surface area contributed by atoms with Crippen LogP contribution in [0.4, 0.5) is 17.2 Å². The highest BCUT2D eigenvalue weighted by atomic mass is 16.5. The summed E-state index contributed by atoms with van der Waals surface area (Å²) in [6.45, 7) is 0.625. The molecule has 1 aromatic heterocycles. The maximum absolute atomic E-state index is 11.3. The van der Waals surface area contributed by atoms with Gasteiger partial charge in [0.05, 0.1) is 24.1 Å². The molecule has 1 heterocycles. The van der Waals surface area contributed by atoms with Crippen LogP contribution in [0, 0.1) is 0 Å². The molecule has 0 spiro atoms. The molecule has 0 saturated heterocycles. The van der Waals surface area contributed by atoms with Gasteiger partial charge < -0.3 is 21.5 Å². The Balaban J connectivity index is 2.26. The number of ether oxygens (including phenoxy) is 1. The van der Waals surface area contributed by atoms with Crippen molar-refractivity contribution in [3.63, 3.8) is 0 Å². The molecule has 0 radical (unpaired) electrons. The fourth-order valence-corrected chi connectivity index (χ4v) is 1.96. The Bertz CT molecular complexity index is 643. The Morgan fingerprint density at radius 2 is 2.14 bits per heavy atom. The Morgan fingerprint density at radius 1 is 1.38 bits per heavy atom. The predicted octanol–water partition coefficient (Wildman–Crippen LogP) is 1.70. The molecule has 0 unspecified atom stereocenters. The number of nitrogens with one attached hydrogen (secondary N) is 1. The van der Waals surface area contributed by atoms with Crippen molar-refractivity contribution in [2.75, 3.05) is 24.8 Å². The van der Waals surface area contributed by atoms with Gasteiger partial charge in [0.1, 0.15) is 5.82 Å². The SMILES string of the molecule is COCCc1ccccc1Nc1cc(C(N)=O)c(N)cn1. The van der Waals surface area contributed by atoms with Crippen LogP contribution in [0.2, 0.25) is 0 Å². The number of carbonyl (C=O) groups excluding carboxylic acids is 1. The normalized spacial score (nSPS) is 10.3. The molecule has 6 nitrogen and oxygen atoms in total. The fraction of sp³-hybridized carbons (Fsp3) is 0.200. The molecule has 0 aliphatic heterocycles. The second-order valence-electron chi connectivity index (χ2n) is 4.55. The number of hydrogen-bond donors (Lipinski definition) is 3. The molecule has 21 heavy (non-hydrogen) atoms. The van der Waals surface area contributed by atoms with Gasteiger partial charge >= 0.3 is 0 Å². The topological polar surface area (TPSA) is 103 Å². The zero-order chi connectivity index (χ0) is 15.2. The summed E-state index contributed by atoms with van der Waals surface area (Å²) in [7, 11) is 1.66. The predicted molar refractivity (Wildman–Crippen MR) is 82.5 cm³/mol. The molecule has 0 bridgehead atoms. The zero-order valence-electron chi connectivity index (χ0n) is 11.8. The fourth-order valence-electron chi connectivity index (χ4n) is 1.96. The largest absolute Gasteiger partial charge is 0.397 e. The van der Waals surface area contributed by atoms with E-state index in [1.54, 1.807) is 13.2 Å². The lowest BCUT2D eigenvalue weighted by atomic mass is 10.1. The maximum Gasteiger partial charge on any atom is 0.250 e. The Labute approximate surface area is 123 Å². The second-order valence-corrected chi connectivity index (χ2v) is 4.55. The van der Waals surface area contributed by atoms with E-state index in [0.29, 0.717) is 12.4 Å². The number of hydrogen-bond acceptors (Lipinski definition) is 5. The molecule has 2 aromatic rings. The molecule has 0 atom stereocenters. The lowest BCUT2D eigenvalue weighted by Crippen LogP contribution is -2.14. The van der Waals surface area contributed by atoms with Crippen molar-refractivity contribution in [3.05, 3.63) is 47.7 Å². The number of methoxy groups -OCH3 is 1. The molecule has 110 valence electrons. The highest BCUT2D eigenvalue weighted by molar-refractivity contribution is 5.98. The van der Waals surface area contributed by atoms with Crippen LogP contribution in [0.25, 0.3) is 0 Å². The number of nitrogen functional groups attached to an aromatic ring is 1. The van der Waals surface area contributed by atoms with Gasteiger partial charge in [0.15, 0.2) is 0 Å². The van der Waals surface area contributed by atoms with E-state index in [2.05, 4.69) is 10.3 Å². The highest BCUT2D eigenvalue weighted by Gasteiger charge is 2.09. The third-order valence-corrected chi connectivity index (χ3v) is 3.06. The number of amides is 1. The van der Waals surface area contributed by atoms with E-state index in [9.17, 15) is 4.79 Å². The molecular weight excluding hydrogens is 268 g/mol. The summed E-state index contributed by atoms with van der Waals surface area (Å²) < 4.78 is 5.10. The minimum Gasteiger partial charge on any atom is -0.397 e. The number of carbonyl (C=O) groups is 1. The zero-order valence-corrected chi connectivity index (χ0v) is 11.8. The molecule has 1 aromatic carbocycles. The van der Waals surface area contributed by atoms with Gasteiger partial charge in [-0.1, -0.05) is 18.2 Å². The summed E-state index contributed by atoms with van der Waals surface area (Å²) >= 11 is 0. The van der Waals surface area contributed by atoms with Crippen LogP contribution in [-0.2, 0) is 11.2 Å². The molecule has 0 aliphatic rings. The third kappa shape index (κ3) is 3.70. The number of primary amides is 1. The summed E-state index contributed by atoms with van der Waals surface area (Å²) in [4.78, 5) is 15.5. The van der Waals surface area contributed by atoms with Crippen molar-refractivity contribution in [3.8, 4) is 0 Å². The van der Waals surface area contributed by atoms with Crippen LogP contribution in [0.3, 0.4) is 0 Å². The van der Waals surface area contributed by atoms with Gasteiger partial charge in [-0.15, -0.1) is 0 Å². The van der Waals surface area contributed by atoms with Gasteiger partial charge in [0.25, 0.3) is 5.91 Å². The minimum absolute atomic E-state index is 0.252. The van der Waals surface area contributed by atoms with Crippen molar-refractivity contribution in [1.82, 2.24) is 4.98 Å². The van der Waals surface area contributed by atoms with Crippen LogP contribution in [0.1, 0.15) is 15.9 Å². The Kier molecular flexibility index (Phi) is 4.73. The monoisotopic (exact) mass is 286 g/mol. The van der Waals surface area contributed by atoms with Crippen LogP contribution in [0.5, 0.6) is 0 Å². The van der Waals surface area contributed by atoms with Gasteiger partial charge in [-0.05, 0) is 24.1 Å². The second kappa shape index (κ2) is 6.71. The molecular formula is C15H18N4O2. The lowest BCUT2D eigenvalue weighted by molar-refractivity contribution is 0.100. The number of anilines is 3. The number of rotatable bonds is 6. The first-order valence-corrected chi connectivity index (χ1v) is 6.51. The minimum atomic E-state index is -0.578. The Morgan fingerprint density at radius 3 is 2.86 bits per heavy atom. The quantitative estimate of drug-likeness (QED) is 0.750.